The minimum Gasteiger partial charge on any atom is -0.504 e. The van der Waals surface area contributed by atoms with Gasteiger partial charge in [-0.1, -0.05) is 24.3 Å². The van der Waals surface area contributed by atoms with E-state index >= 15 is 0 Å². The molecule has 0 saturated heterocycles. The smallest absolute Gasteiger partial charge is 0.269 e. The normalized spacial score (nSPS) is 11.2. The average molecular weight is 325 g/mol. The lowest BCUT2D eigenvalue weighted by molar-refractivity contribution is -0.117. The summed E-state index contributed by atoms with van der Waals surface area (Å²) >= 11 is 0. The lowest BCUT2D eigenvalue weighted by atomic mass is 10.1. The van der Waals surface area contributed by atoms with Crippen LogP contribution in [0.2, 0.25) is 0 Å². The maximum Gasteiger partial charge on any atom is 0.269 e. The number of carbonyl (C=O) groups is 1. The predicted octanol–water partition coefficient (Wildman–Crippen LogP) is 3.44. The first-order chi connectivity index (χ1) is 11.6. The summed E-state index contributed by atoms with van der Waals surface area (Å²) in [6.45, 7) is 0. The number of H-pyrrole nitrogens is 1. The van der Waals surface area contributed by atoms with Gasteiger partial charge in [0.25, 0.3) is 5.91 Å². The standard InChI is InChI=1S/C17H15N3O4/c1-24-14-8-10(6-7-13(14)21)9-15(22)19-20-16-11-4-2-3-5-12(11)18-17(16)23/h2-8,18,21,23H,9H2,1H3. The molecule has 122 valence electrons. The van der Waals surface area contributed by atoms with Gasteiger partial charge in [0.2, 0.25) is 5.88 Å². The van der Waals surface area contributed by atoms with Crippen molar-refractivity contribution in [1.29, 1.82) is 0 Å². The molecule has 1 amide bonds. The van der Waals surface area contributed by atoms with E-state index in [1.807, 2.05) is 6.07 Å². The highest BCUT2D eigenvalue weighted by Crippen LogP contribution is 2.35. The van der Waals surface area contributed by atoms with Gasteiger partial charge in [-0.2, -0.15) is 0 Å². The summed E-state index contributed by atoms with van der Waals surface area (Å²) < 4.78 is 5.00. The van der Waals surface area contributed by atoms with Gasteiger partial charge in [-0.3, -0.25) is 4.79 Å². The first kappa shape index (κ1) is 15.5. The summed E-state index contributed by atoms with van der Waals surface area (Å²) in [6.07, 6.45) is 0.00323. The fourth-order valence-corrected chi connectivity index (χ4v) is 2.36. The Hall–Kier alpha value is -3.35. The molecule has 0 aliphatic heterocycles. The average Bonchev–Trinajstić information content (AvgIpc) is 2.90. The number of ether oxygens (including phenoxy) is 1. The van der Waals surface area contributed by atoms with Crippen molar-refractivity contribution in [2.45, 2.75) is 6.42 Å². The molecular formula is C17H15N3O4. The van der Waals surface area contributed by atoms with Crippen LogP contribution in [0.3, 0.4) is 0 Å². The quantitative estimate of drug-likeness (QED) is 0.639. The van der Waals surface area contributed by atoms with Gasteiger partial charge in [0.05, 0.1) is 19.0 Å². The third kappa shape index (κ3) is 3.05. The van der Waals surface area contributed by atoms with Gasteiger partial charge in [0.1, 0.15) is 0 Å². The van der Waals surface area contributed by atoms with E-state index in [1.54, 1.807) is 30.3 Å². The van der Waals surface area contributed by atoms with Crippen LogP contribution in [-0.4, -0.2) is 28.2 Å². The van der Waals surface area contributed by atoms with Crippen molar-refractivity contribution in [2.24, 2.45) is 10.2 Å². The zero-order valence-electron chi connectivity index (χ0n) is 12.9. The number of carbonyl (C=O) groups excluding carboxylic acids is 1. The lowest BCUT2D eigenvalue weighted by Crippen LogP contribution is -1.98. The number of methoxy groups -OCH3 is 1. The SMILES string of the molecule is COc1cc(CC(=O)N=Nc2c(O)[nH]c3ccccc23)ccc1O. The summed E-state index contributed by atoms with van der Waals surface area (Å²) in [5, 5.41) is 27.6. The van der Waals surface area contributed by atoms with Gasteiger partial charge in [0, 0.05) is 5.39 Å². The molecule has 3 N–H and O–H groups in total. The van der Waals surface area contributed by atoms with Crippen LogP contribution < -0.4 is 4.74 Å². The number of benzene rings is 2. The van der Waals surface area contributed by atoms with Crippen LogP contribution in [-0.2, 0) is 11.2 Å². The number of aromatic nitrogens is 1. The number of nitrogens with zero attached hydrogens (tertiary/aromatic N) is 2. The van der Waals surface area contributed by atoms with Crippen molar-refractivity contribution in [1.82, 2.24) is 4.98 Å². The second kappa shape index (κ2) is 6.41. The van der Waals surface area contributed by atoms with E-state index in [2.05, 4.69) is 15.2 Å². The number of phenols is 1. The molecule has 0 spiro atoms. The summed E-state index contributed by atoms with van der Waals surface area (Å²) in [4.78, 5) is 14.8. The number of rotatable bonds is 4. The molecule has 0 fully saturated rings. The Bertz CT molecular complexity index is 931. The Balaban J connectivity index is 1.79. The van der Waals surface area contributed by atoms with E-state index in [4.69, 9.17) is 4.74 Å². The molecule has 0 atom stereocenters. The molecule has 1 aromatic heterocycles. The second-order valence-corrected chi connectivity index (χ2v) is 5.14. The van der Waals surface area contributed by atoms with Crippen molar-refractivity contribution in [3.05, 3.63) is 48.0 Å². The number of azo groups is 1. The van der Waals surface area contributed by atoms with Crippen molar-refractivity contribution < 1.29 is 19.7 Å². The van der Waals surface area contributed by atoms with E-state index in [0.29, 0.717) is 16.5 Å². The van der Waals surface area contributed by atoms with Gasteiger partial charge in [0.15, 0.2) is 17.2 Å². The Kier molecular flexibility index (Phi) is 4.15. The molecule has 0 saturated carbocycles. The Labute approximate surface area is 137 Å². The molecule has 7 nitrogen and oxygen atoms in total. The molecule has 3 rings (SSSR count). The van der Waals surface area contributed by atoms with Crippen LogP contribution in [0, 0.1) is 0 Å². The third-order valence-corrected chi connectivity index (χ3v) is 3.52. The highest BCUT2D eigenvalue weighted by molar-refractivity contribution is 5.94. The molecule has 3 aromatic rings. The van der Waals surface area contributed by atoms with Crippen molar-refractivity contribution in [2.75, 3.05) is 7.11 Å². The number of nitrogens with one attached hydrogen (secondary N) is 1. The molecule has 0 aliphatic carbocycles. The fourth-order valence-electron chi connectivity index (χ4n) is 2.36. The minimum absolute atomic E-state index is 0.000889. The van der Waals surface area contributed by atoms with Crippen molar-refractivity contribution in [3.8, 4) is 17.4 Å². The number of amides is 1. The molecule has 2 aromatic carbocycles. The van der Waals surface area contributed by atoms with E-state index in [0.717, 1.165) is 0 Å². The monoisotopic (exact) mass is 325 g/mol. The summed E-state index contributed by atoms with van der Waals surface area (Å²) in [7, 11) is 1.43. The Morgan fingerprint density at radius 3 is 2.79 bits per heavy atom. The zero-order chi connectivity index (χ0) is 17.1. The maximum absolute atomic E-state index is 12.0. The number of phenolic OH excluding ortho intramolecular Hbond substituents is 1. The number of hydrogen-bond acceptors (Lipinski definition) is 5. The van der Waals surface area contributed by atoms with Gasteiger partial charge in [-0.15, -0.1) is 10.2 Å². The molecule has 0 unspecified atom stereocenters. The van der Waals surface area contributed by atoms with Gasteiger partial charge >= 0.3 is 0 Å². The highest BCUT2D eigenvalue weighted by atomic mass is 16.5. The number of aromatic hydroxyl groups is 2. The van der Waals surface area contributed by atoms with Crippen LogP contribution in [0.4, 0.5) is 5.69 Å². The molecule has 7 heteroatoms. The van der Waals surface area contributed by atoms with Crippen molar-refractivity contribution >= 4 is 22.5 Å². The molecule has 0 aliphatic rings. The number of fused-ring (bicyclic) bond motifs is 1. The molecule has 0 bridgehead atoms. The van der Waals surface area contributed by atoms with Gasteiger partial charge in [-0.05, 0) is 23.8 Å². The molecule has 0 radical (unpaired) electrons. The topological polar surface area (TPSA) is 107 Å². The summed E-state index contributed by atoms with van der Waals surface area (Å²) in [5.41, 5.74) is 1.57. The minimum atomic E-state index is -0.479. The zero-order valence-corrected chi connectivity index (χ0v) is 12.9. The third-order valence-electron chi connectivity index (χ3n) is 3.52. The van der Waals surface area contributed by atoms with Gasteiger partial charge in [-0.25, -0.2) is 0 Å². The number of hydrogen-bond donors (Lipinski definition) is 3. The van der Waals surface area contributed by atoms with Gasteiger partial charge < -0.3 is 19.9 Å². The van der Waals surface area contributed by atoms with E-state index in [9.17, 15) is 15.0 Å². The summed E-state index contributed by atoms with van der Waals surface area (Å²) in [6, 6.07) is 11.8. The first-order valence-corrected chi connectivity index (χ1v) is 7.18. The van der Waals surface area contributed by atoms with Crippen LogP contribution in [0.15, 0.2) is 52.7 Å². The summed E-state index contributed by atoms with van der Waals surface area (Å²) in [5.74, 6) is -0.336. The number of aromatic amines is 1. The second-order valence-electron chi connectivity index (χ2n) is 5.14. The van der Waals surface area contributed by atoms with Crippen LogP contribution in [0.5, 0.6) is 17.4 Å². The Morgan fingerprint density at radius 1 is 1.21 bits per heavy atom. The van der Waals surface area contributed by atoms with E-state index in [-0.39, 0.29) is 29.5 Å². The predicted molar refractivity (Wildman–Crippen MR) is 87.8 cm³/mol. The van der Waals surface area contributed by atoms with E-state index in [1.165, 1.54) is 13.2 Å². The molecule has 24 heavy (non-hydrogen) atoms. The highest BCUT2D eigenvalue weighted by Gasteiger charge is 2.11. The maximum atomic E-state index is 12.0. The largest absolute Gasteiger partial charge is 0.504 e. The first-order valence-electron chi connectivity index (χ1n) is 7.18. The number of para-hydroxylation sites is 1. The lowest BCUT2D eigenvalue weighted by Gasteiger charge is -2.04. The van der Waals surface area contributed by atoms with Crippen LogP contribution >= 0.6 is 0 Å². The van der Waals surface area contributed by atoms with Crippen LogP contribution in [0.1, 0.15) is 5.56 Å². The fraction of sp³-hybridized carbons (Fsp3) is 0.118. The molecule has 1 heterocycles. The van der Waals surface area contributed by atoms with Crippen LogP contribution in [0.25, 0.3) is 10.9 Å². The molecular weight excluding hydrogens is 310 g/mol. The van der Waals surface area contributed by atoms with E-state index < -0.39 is 5.91 Å². The Morgan fingerprint density at radius 2 is 2.00 bits per heavy atom. The van der Waals surface area contributed by atoms with Crippen molar-refractivity contribution in [3.63, 3.8) is 0 Å².